The molecule has 2 fully saturated rings. The second-order valence-electron chi connectivity index (χ2n) is 11.1. The zero-order chi connectivity index (χ0) is 31.1. The summed E-state index contributed by atoms with van der Waals surface area (Å²) >= 11 is 0. The smallest absolute Gasteiger partial charge is 0.407 e. The first-order valence-electron chi connectivity index (χ1n) is 14.4. The number of rotatable bonds is 14. The summed E-state index contributed by atoms with van der Waals surface area (Å²) in [5.41, 5.74) is 0.674. The predicted molar refractivity (Wildman–Crippen MR) is 159 cm³/mol. The third-order valence-electron chi connectivity index (χ3n) is 7.60. The zero-order valence-electron chi connectivity index (χ0n) is 24.9. The molecule has 10 heteroatoms. The molecule has 0 radical (unpaired) electrons. The van der Waals surface area contributed by atoms with Gasteiger partial charge in [-0.2, -0.15) is 0 Å². The van der Waals surface area contributed by atoms with E-state index in [1.807, 2.05) is 12.2 Å². The fraction of sp³-hybridized carbons (Fsp3) is 0.562. The van der Waals surface area contributed by atoms with Gasteiger partial charge in [0.2, 0.25) is 0 Å². The Morgan fingerprint density at radius 3 is 1.71 bits per heavy atom. The summed E-state index contributed by atoms with van der Waals surface area (Å²) in [7, 11) is 0. The fourth-order valence-corrected chi connectivity index (χ4v) is 5.27. The van der Waals surface area contributed by atoms with E-state index in [1.54, 1.807) is 13.8 Å². The second-order valence-corrected chi connectivity index (χ2v) is 11.1. The summed E-state index contributed by atoms with van der Waals surface area (Å²) in [6, 6.07) is 0. The summed E-state index contributed by atoms with van der Waals surface area (Å²) in [6.45, 7) is 19.2. The van der Waals surface area contributed by atoms with Gasteiger partial charge in [-0.15, -0.1) is 13.2 Å². The van der Waals surface area contributed by atoms with Crippen LogP contribution in [0.5, 0.6) is 0 Å². The van der Waals surface area contributed by atoms with Crippen molar-refractivity contribution < 1.29 is 38.1 Å². The number of carbonyl (C=O) groups is 4. The van der Waals surface area contributed by atoms with Crippen molar-refractivity contribution in [2.45, 2.75) is 39.5 Å². The Hall–Kier alpha value is -3.82. The Bertz CT molecular complexity index is 1040. The van der Waals surface area contributed by atoms with Gasteiger partial charge in [0, 0.05) is 23.0 Å². The topological polar surface area (TPSA) is 129 Å². The number of nitrogens with one attached hydrogen (secondary N) is 2. The Morgan fingerprint density at radius 1 is 0.738 bits per heavy atom. The maximum Gasteiger partial charge on any atom is 0.407 e. The van der Waals surface area contributed by atoms with Crippen molar-refractivity contribution in [2.24, 2.45) is 35.5 Å². The third kappa shape index (κ3) is 12.0. The molecule has 10 nitrogen and oxygen atoms in total. The molecule has 0 aromatic heterocycles. The minimum Gasteiger partial charge on any atom is -0.460 e. The molecule has 6 atom stereocenters. The molecule has 2 bridgehead atoms. The third-order valence-corrected chi connectivity index (χ3v) is 7.60. The molecule has 3 aliphatic carbocycles. The van der Waals surface area contributed by atoms with Crippen molar-refractivity contribution in [2.75, 3.05) is 39.5 Å². The molecular formula is C32H46N2O8. The van der Waals surface area contributed by atoms with Gasteiger partial charge in [0.1, 0.15) is 13.2 Å². The minimum atomic E-state index is -0.503. The number of allylic oxidation sites excluding steroid dienone is 4. The van der Waals surface area contributed by atoms with E-state index in [9.17, 15) is 19.2 Å². The van der Waals surface area contributed by atoms with Gasteiger partial charge in [-0.3, -0.25) is 0 Å². The van der Waals surface area contributed by atoms with E-state index >= 15 is 0 Å². The van der Waals surface area contributed by atoms with Crippen LogP contribution in [0, 0.1) is 35.5 Å². The molecule has 0 aromatic rings. The molecule has 0 saturated heterocycles. The van der Waals surface area contributed by atoms with Gasteiger partial charge in [0.05, 0.1) is 26.3 Å². The van der Waals surface area contributed by atoms with Gasteiger partial charge in [-0.1, -0.05) is 37.5 Å². The molecular weight excluding hydrogens is 540 g/mol. The molecule has 232 valence electrons. The van der Waals surface area contributed by atoms with E-state index < -0.39 is 24.1 Å². The molecule has 3 aliphatic rings. The average molecular weight is 587 g/mol. The summed E-state index contributed by atoms with van der Waals surface area (Å²) in [5.74, 6) is 1.89. The van der Waals surface area contributed by atoms with Crippen LogP contribution >= 0.6 is 0 Å². The average Bonchev–Trinajstić information content (AvgIpc) is 3.71. The van der Waals surface area contributed by atoms with Gasteiger partial charge in [0.25, 0.3) is 0 Å². The van der Waals surface area contributed by atoms with Crippen LogP contribution in [0.2, 0.25) is 0 Å². The summed E-state index contributed by atoms with van der Waals surface area (Å²) in [4.78, 5) is 45.3. The number of hydrogen-bond donors (Lipinski definition) is 2. The number of carbonyl (C=O) groups excluding carboxylic acids is 4. The van der Waals surface area contributed by atoms with Crippen LogP contribution in [-0.4, -0.2) is 63.6 Å². The van der Waals surface area contributed by atoms with E-state index in [-0.39, 0.29) is 32.2 Å². The minimum absolute atomic E-state index is 0.0953. The number of esters is 2. The number of fused-ring (bicyclic) bond motifs is 2. The highest BCUT2D eigenvalue weighted by Crippen LogP contribution is 2.43. The van der Waals surface area contributed by atoms with Gasteiger partial charge in [-0.05, 0) is 63.2 Å². The largest absolute Gasteiger partial charge is 0.460 e. The zero-order valence-corrected chi connectivity index (χ0v) is 24.9. The first kappa shape index (κ1) is 34.4. The highest BCUT2D eigenvalue weighted by Gasteiger charge is 2.36. The van der Waals surface area contributed by atoms with E-state index in [1.165, 1.54) is 6.42 Å². The number of alkyl carbamates (subject to hydrolysis) is 2. The fourth-order valence-electron chi connectivity index (χ4n) is 5.27. The SMILES string of the molecule is C=C(C)C(=O)OCCNC(=O)OCC1CC2C=CC1C2.C=CC1CC(C=C)C(COC(=O)NCCOC(=O)C(=C)C)C1. The molecule has 0 aliphatic heterocycles. The molecule has 0 spiro atoms. The lowest BCUT2D eigenvalue weighted by Crippen LogP contribution is -2.30. The quantitative estimate of drug-likeness (QED) is 0.0968. The molecule has 2 amide bonds. The lowest BCUT2D eigenvalue weighted by Gasteiger charge is -2.17. The van der Waals surface area contributed by atoms with Crippen molar-refractivity contribution in [1.29, 1.82) is 0 Å². The van der Waals surface area contributed by atoms with E-state index in [0.29, 0.717) is 53.9 Å². The highest BCUT2D eigenvalue weighted by molar-refractivity contribution is 5.87. The molecule has 42 heavy (non-hydrogen) atoms. The van der Waals surface area contributed by atoms with Crippen LogP contribution < -0.4 is 10.6 Å². The van der Waals surface area contributed by atoms with Crippen molar-refractivity contribution >= 4 is 24.1 Å². The van der Waals surface area contributed by atoms with Crippen molar-refractivity contribution in [3.8, 4) is 0 Å². The second kappa shape index (κ2) is 17.9. The molecule has 3 rings (SSSR count). The number of amides is 2. The number of ether oxygens (including phenoxy) is 4. The maximum atomic E-state index is 11.6. The standard InChI is InChI=1S/C17H25NO4.C15H21NO4/c1-5-13-9-14(6-2)15(10-13)11-22-17(20)18-7-8-21-16(19)12(3)4;1-10(2)14(17)19-6-5-16-15(18)20-9-13-8-11-3-4-12(13)7-11/h5-6,13-15H,1-3,7-11H2,4H3,(H,18,20);3-4,11-13H,1,5-9H2,2H3,(H,16,18). The highest BCUT2D eigenvalue weighted by atomic mass is 16.6. The van der Waals surface area contributed by atoms with Crippen molar-refractivity contribution in [3.05, 3.63) is 61.8 Å². The van der Waals surface area contributed by atoms with Gasteiger partial charge in [-0.25, -0.2) is 19.2 Å². The van der Waals surface area contributed by atoms with Crippen molar-refractivity contribution in [1.82, 2.24) is 10.6 Å². The molecule has 0 aromatic carbocycles. The monoisotopic (exact) mass is 586 g/mol. The Balaban J connectivity index is 0.000000294. The van der Waals surface area contributed by atoms with E-state index in [4.69, 9.17) is 18.9 Å². The van der Waals surface area contributed by atoms with Crippen LogP contribution in [0.4, 0.5) is 9.59 Å². The summed E-state index contributed by atoms with van der Waals surface area (Å²) < 4.78 is 20.1. The van der Waals surface area contributed by atoms with Crippen LogP contribution in [-0.2, 0) is 28.5 Å². The molecule has 2 N–H and O–H groups in total. The van der Waals surface area contributed by atoms with Crippen LogP contribution in [0.15, 0.2) is 61.8 Å². The Kier molecular flexibility index (Phi) is 14.6. The van der Waals surface area contributed by atoms with E-state index in [0.717, 1.165) is 19.3 Å². The molecule has 2 saturated carbocycles. The van der Waals surface area contributed by atoms with Crippen LogP contribution in [0.1, 0.15) is 39.5 Å². The lowest BCUT2D eigenvalue weighted by molar-refractivity contribution is -0.139. The Labute approximate surface area is 249 Å². The van der Waals surface area contributed by atoms with Crippen molar-refractivity contribution in [3.63, 3.8) is 0 Å². The molecule has 6 unspecified atom stereocenters. The normalized spacial score (nSPS) is 24.8. The van der Waals surface area contributed by atoms with Crippen LogP contribution in [0.3, 0.4) is 0 Å². The summed E-state index contributed by atoms with van der Waals surface area (Å²) in [5, 5.41) is 5.10. The van der Waals surface area contributed by atoms with Gasteiger partial charge >= 0.3 is 24.1 Å². The first-order chi connectivity index (χ1) is 20.0. The first-order valence-corrected chi connectivity index (χ1v) is 14.4. The predicted octanol–water partition coefficient (Wildman–Crippen LogP) is 4.89. The molecule has 0 heterocycles. The number of hydrogen-bond acceptors (Lipinski definition) is 8. The van der Waals surface area contributed by atoms with Crippen LogP contribution in [0.25, 0.3) is 0 Å². The van der Waals surface area contributed by atoms with Gasteiger partial charge in [0.15, 0.2) is 0 Å². The maximum absolute atomic E-state index is 11.6. The summed E-state index contributed by atoms with van der Waals surface area (Å²) in [6.07, 6.45) is 11.7. The van der Waals surface area contributed by atoms with Gasteiger partial charge < -0.3 is 29.6 Å². The van der Waals surface area contributed by atoms with E-state index in [2.05, 4.69) is 49.1 Å². The Morgan fingerprint density at radius 2 is 1.29 bits per heavy atom. The lowest BCUT2D eigenvalue weighted by atomic mass is 9.95.